The first kappa shape index (κ1) is 19.7. The minimum Gasteiger partial charge on any atom is -0.497 e. The van der Waals surface area contributed by atoms with Gasteiger partial charge >= 0.3 is 0 Å². The molecule has 3 aromatic heterocycles. The number of amides is 1. The fourth-order valence-electron chi connectivity index (χ4n) is 3.40. The second-order valence-corrected chi connectivity index (χ2v) is 7.28. The molecule has 0 fully saturated rings. The third kappa shape index (κ3) is 4.05. The van der Waals surface area contributed by atoms with Gasteiger partial charge in [0.05, 0.1) is 36.2 Å². The van der Waals surface area contributed by atoms with Gasteiger partial charge in [0, 0.05) is 25.1 Å². The highest BCUT2D eigenvalue weighted by Gasteiger charge is 2.18. The predicted octanol–water partition coefficient (Wildman–Crippen LogP) is 3.99. The molecule has 1 unspecified atom stereocenters. The Morgan fingerprint density at radius 1 is 1.27 bits per heavy atom. The SMILES string of the molecule is COc1ccc(-c2cc(C(=O)NC(C)CCc3ccco3)c3cnn(C)c3n2)cc1. The van der Waals surface area contributed by atoms with Crippen LogP contribution in [0.3, 0.4) is 0 Å². The van der Waals surface area contributed by atoms with E-state index < -0.39 is 0 Å². The van der Waals surface area contributed by atoms with Crippen LogP contribution in [0.1, 0.15) is 29.5 Å². The van der Waals surface area contributed by atoms with Crippen LogP contribution in [-0.4, -0.2) is 33.8 Å². The monoisotopic (exact) mass is 404 g/mol. The first-order valence-electron chi connectivity index (χ1n) is 9.85. The molecule has 7 nitrogen and oxygen atoms in total. The molecule has 0 bridgehead atoms. The van der Waals surface area contributed by atoms with Gasteiger partial charge in [0.2, 0.25) is 0 Å². The van der Waals surface area contributed by atoms with Crippen LogP contribution >= 0.6 is 0 Å². The highest BCUT2D eigenvalue weighted by Crippen LogP contribution is 2.26. The van der Waals surface area contributed by atoms with Gasteiger partial charge in [-0.1, -0.05) is 0 Å². The molecule has 154 valence electrons. The molecule has 1 atom stereocenters. The Hall–Kier alpha value is -3.61. The number of aryl methyl sites for hydroxylation is 2. The number of nitrogens with one attached hydrogen (secondary N) is 1. The molecule has 0 aliphatic carbocycles. The van der Waals surface area contributed by atoms with Crippen LogP contribution in [0, 0.1) is 0 Å². The Bertz CT molecular complexity index is 1150. The van der Waals surface area contributed by atoms with Gasteiger partial charge in [0.1, 0.15) is 11.5 Å². The second-order valence-electron chi connectivity index (χ2n) is 7.28. The minimum atomic E-state index is -0.142. The van der Waals surface area contributed by atoms with E-state index in [1.807, 2.05) is 56.4 Å². The number of hydrogen-bond donors (Lipinski definition) is 1. The summed E-state index contributed by atoms with van der Waals surface area (Å²) in [6, 6.07) is 13.2. The van der Waals surface area contributed by atoms with Crippen molar-refractivity contribution in [2.24, 2.45) is 7.05 Å². The fraction of sp³-hybridized carbons (Fsp3) is 0.261. The van der Waals surface area contributed by atoms with E-state index in [0.717, 1.165) is 35.3 Å². The number of fused-ring (bicyclic) bond motifs is 1. The second kappa shape index (κ2) is 8.41. The molecule has 0 radical (unpaired) electrons. The number of methoxy groups -OCH3 is 1. The van der Waals surface area contributed by atoms with Crippen LogP contribution in [0.25, 0.3) is 22.3 Å². The summed E-state index contributed by atoms with van der Waals surface area (Å²) in [6.07, 6.45) is 4.90. The number of furan rings is 1. The lowest BCUT2D eigenvalue weighted by molar-refractivity contribution is 0.0939. The summed E-state index contributed by atoms with van der Waals surface area (Å²) in [6.45, 7) is 1.99. The van der Waals surface area contributed by atoms with Gasteiger partial charge in [-0.05, 0) is 55.8 Å². The smallest absolute Gasteiger partial charge is 0.252 e. The number of aromatic nitrogens is 3. The average Bonchev–Trinajstić information content (AvgIpc) is 3.42. The summed E-state index contributed by atoms with van der Waals surface area (Å²) in [5.74, 6) is 1.54. The summed E-state index contributed by atoms with van der Waals surface area (Å²) in [7, 11) is 3.45. The molecule has 0 saturated carbocycles. The number of rotatable bonds is 7. The molecule has 3 heterocycles. The summed E-state index contributed by atoms with van der Waals surface area (Å²) in [5, 5.41) is 8.11. The van der Waals surface area contributed by atoms with Crippen LogP contribution in [0.15, 0.2) is 59.3 Å². The Balaban J connectivity index is 1.60. The quantitative estimate of drug-likeness (QED) is 0.504. The highest BCUT2D eigenvalue weighted by atomic mass is 16.5. The molecule has 1 N–H and O–H groups in total. The van der Waals surface area contributed by atoms with Crippen LogP contribution < -0.4 is 10.1 Å². The molecular formula is C23H24N4O3. The molecule has 4 aromatic rings. The van der Waals surface area contributed by atoms with Crippen LogP contribution in [0.4, 0.5) is 0 Å². The number of nitrogens with zero attached hydrogens (tertiary/aromatic N) is 3. The van der Waals surface area contributed by atoms with Gasteiger partial charge in [0.15, 0.2) is 5.65 Å². The summed E-state index contributed by atoms with van der Waals surface area (Å²) < 4.78 is 12.3. The molecule has 1 aromatic carbocycles. The normalized spacial score (nSPS) is 12.1. The third-order valence-corrected chi connectivity index (χ3v) is 5.12. The summed E-state index contributed by atoms with van der Waals surface area (Å²) >= 11 is 0. The van der Waals surface area contributed by atoms with Gasteiger partial charge in [0.25, 0.3) is 5.91 Å². The zero-order valence-corrected chi connectivity index (χ0v) is 17.3. The van der Waals surface area contributed by atoms with E-state index in [-0.39, 0.29) is 11.9 Å². The summed E-state index contributed by atoms with van der Waals surface area (Å²) in [5.41, 5.74) is 2.83. The van der Waals surface area contributed by atoms with Crippen molar-refractivity contribution in [2.75, 3.05) is 7.11 Å². The first-order valence-corrected chi connectivity index (χ1v) is 9.85. The molecule has 0 saturated heterocycles. The highest BCUT2D eigenvalue weighted by molar-refractivity contribution is 6.06. The molecule has 0 spiro atoms. The maximum atomic E-state index is 13.1. The lowest BCUT2D eigenvalue weighted by Crippen LogP contribution is -2.33. The van der Waals surface area contributed by atoms with Gasteiger partial charge < -0.3 is 14.5 Å². The number of pyridine rings is 1. The third-order valence-electron chi connectivity index (χ3n) is 5.12. The van der Waals surface area contributed by atoms with Gasteiger partial charge in [-0.2, -0.15) is 5.10 Å². The number of hydrogen-bond acceptors (Lipinski definition) is 5. The van der Waals surface area contributed by atoms with E-state index in [9.17, 15) is 4.79 Å². The van der Waals surface area contributed by atoms with Crippen molar-refractivity contribution >= 4 is 16.9 Å². The van der Waals surface area contributed by atoms with Crippen molar-refractivity contribution in [1.82, 2.24) is 20.1 Å². The topological polar surface area (TPSA) is 82.2 Å². The van der Waals surface area contributed by atoms with E-state index in [2.05, 4.69) is 10.4 Å². The molecular weight excluding hydrogens is 380 g/mol. The van der Waals surface area contributed by atoms with E-state index in [1.165, 1.54) is 0 Å². The van der Waals surface area contributed by atoms with Gasteiger partial charge in [-0.25, -0.2) is 4.98 Å². The van der Waals surface area contributed by atoms with E-state index in [4.69, 9.17) is 14.1 Å². The number of carbonyl (C=O) groups is 1. The standard InChI is InChI=1S/C23H24N4O3/c1-15(6-9-18-5-4-12-30-18)25-23(28)19-13-21(16-7-10-17(29-3)11-8-16)26-22-20(19)14-24-27(22)2/h4-5,7-8,10-15H,6,9H2,1-3H3,(H,25,28). The zero-order chi connectivity index (χ0) is 21.1. The molecule has 0 aliphatic heterocycles. The Morgan fingerprint density at radius 2 is 2.07 bits per heavy atom. The number of ether oxygens (including phenoxy) is 1. The van der Waals surface area contributed by atoms with Crippen molar-refractivity contribution in [3.05, 3.63) is 66.2 Å². The fourth-order valence-corrected chi connectivity index (χ4v) is 3.40. The van der Waals surface area contributed by atoms with Crippen LogP contribution in [0.5, 0.6) is 5.75 Å². The minimum absolute atomic E-state index is 0.00748. The largest absolute Gasteiger partial charge is 0.497 e. The predicted molar refractivity (Wildman–Crippen MR) is 114 cm³/mol. The Kier molecular flexibility index (Phi) is 5.52. The van der Waals surface area contributed by atoms with E-state index in [1.54, 1.807) is 24.3 Å². The lowest BCUT2D eigenvalue weighted by atomic mass is 10.1. The number of benzene rings is 1. The summed E-state index contributed by atoms with van der Waals surface area (Å²) in [4.78, 5) is 17.8. The van der Waals surface area contributed by atoms with Crippen LogP contribution in [0.2, 0.25) is 0 Å². The zero-order valence-electron chi connectivity index (χ0n) is 17.3. The van der Waals surface area contributed by atoms with Crippen molar-refractivity contribution in [1.29, 1.82) is 0 Å². The molecule has 1 amide bonds. The van der Waals surface area contributed by atoms with E-state index in [0.29, 0.717) is 16.9 Å². The maximum absolute atomic E-state index is 13.1. The molecule has 0 aliphatic rings. The molecule has 7 heteroatoms. The van der Waals surface area contributed by atoms with Crippen molar-refractivity contribution in [3.63, 3.8) is 0 Å². The van der Waals surface area contributed by atoms with E-state index >= 15 is 0 Å². The number of carbonyl (C=O) groups excluding carboxylic acids is 1. The molecule has 4 rings (SSSR count). The Morgan fingerprint density at radius 3 is 2.77 bits per heavy atom. The maximum Gasteiger partial charge on any atom is 0.252 e. The van der Waals surface area contributed by atoms with Crippen LogP contribution in [-0.2, 0) is 13.5 Å². The van der Waals surface area contributed by atoms with Gasteiger partial charge in [-0.15, -0.1) is 0 Å². The first-order chi connectivity index (χ1) is 14.5. The molecule has 30 heavy (non-hydrogen) atoms. The van der Waals surface area contributed by atoms with Gasteiger partial charge in [-0.3, -0.25) is 9.48 Å². The van der Waals surface area contributed by atoms with Crippen molar-refractivity contribution < 1.29 is 13.9 Å². The lowest BCUT2D eigenvalue weighted by Gasteiger charge is -2.14. The van der Waals surface area contributed by atoms with Crippen molar-refractivity contribution in [2.45, 2.75) is 25.8 Å². The van der Waals surface area contributed by atoms with Crippen molar-refractivity contribution in [3.8, 4) is 17.0 Å². The Labute approximate surface area is 174 Å². The average molecular weight is 404 g/mol.